The Balaban J connectivity index is 1.80. The Kier molecular flexibility index (Phi) is 5.15. The molecular formula is C17H17N3OS2. The minimum atomic E-state index is 0.574. The Bertz CT molecular complexity index is 827. The number of aromatic amines is 1. The van der Waals surface area contributed by atoms with Gasteiger partial charge in [-0.2, -0.15) is 5.10 Å². The molecule has 3 rings (SSSR count). The maximum absolute atomic E-state index is 5.44. The number of H-pyrrole nitrogens is 1. The molecule has 0 saturated heterocycles. The second-order valence-corrected chi connectivity index (χ2v) is 6.30. The first-order chi connectivity index (χ1) is 11.3. The van der Waals surface area contributed by atoms with Gasteiger partial charge in [0, 0.05) is 5.75 Å². The van der Waals surface area contributed by atoms with E-state index >= 15 is 0 Å². The number of nitrogens with zero attached hydrogens (tertiary/aromatic N) is 2. The summed E-state index contributed by atoms with van der Waals surface area (Å²) in [5.74, 6) is 3.37. The van der Waals surface area contributed by atoms with Crippen LogP contribution in [-0.2, 0) is 11.5 Å². The molecule has 23 heavy (non-hydrogen) atoms. The van der Waals surface area contributed by atoms with E-state index in [9.17, 15) is 0 Å². The van der Waals surface area contributed by atoms with Crippen molar-refractivity contribution in [2.45, 2.75) is 11.5 Å². The van der Waals surface area contributed by atoms with Crippen molar-refractivity contribution < 1.29 is 4.74 Å². The van der Waals surface area contributed by atoms with E-state index in [0.717, 1.165) is 28.8 Å². The number of thioether (sulfide) groups is 1. The van der Waals surface area contributed by atoms with Gasteiger partial charge in [-0.1, -0.05) is 42.5 Å². The molecule has 1 heterocycles. The Labute approximate surface area is 144 Å². The molecule has 1 aromatic heterocycles. The van der Waals surface area contributed by atoms with E-state index in [4.69, 9.17) is 17.0 Å². The fourth-order valence-corrected chi connectivity index (χ4v) is 3.48. The first kappa shape index (κ1) is 15.8. The third-order valence-corrected chi connectivity index (χ3v) is 4.68. The van der Waals surface area contributed by atoms with E-state index in [0.29, 0.717) is 4.77 Å². The second kappa shape index (κ2) is 7.48. The highest BCUT2D eigenvalue weighted by atomic mass is 32.2. The topological polar surface area (TPSA) is 42.8 Å². The molecule has 0 spiro atoms. The molecule has 0 unspecified atom stereocenters. The standard InChI is InChI=1S/C17H17N3OS2/c1-21-15-10-6-5-9-14(15)20-16(18-19-17(20)22)12-23-11-13-7-3-2-4-8-13/h2-10H,11-12H2,1H3,(H,19,22). The Morgan fingerprint density at radius 1 is 1.09 bits per heavy atom. The molecule has 0 aliphatic carbocycles. The Hall–Kier alpha value is -2.05. The highest BCUT2D eigenvalue weighted by Gasteiger charge is 2.12. The van der Waals surface area contributed by atoms with E-state index in [1.165, 1.54) is 5.56 Å². The van der Waals surface area contributed by atoms with E-state index in [1.807, 2.05) is 34.9 Å². The maximum Gasteiger partial charge on any atom is 0.200 e. The number of benzene rings is 2. The molecule has 4 nitrogen and oxygen atoms in total. The fourth-order valence-electron chi connectivity index (χ4n) is 2.32. The average molecular weight is 343 g/mol. The van der Waals surface area contributed by atoms with Gasteiger partial charge < -0.3 is 4.74 Å². The van der Waals surface area contributed by atoms with E-state index in [1.54, 1.807) is 18.9 Å². The lowest BCUT2D eigenvalue weighted by Crippen LogP contribution is -2.02. The van der Waals surface area contributed by atoms with Crippen LogP contribution in [0.15, 0.2) is 54.6 Å². The molecule has 3 aromatic rings. The van der Waals surface area contributed by atoms with Crippen LogP contribution in [0.4, 0.5) is 0 Å². The van der Waals surface area contributed by atoms with Gasteiger partial charge in [-0.3, -0.25) is 9.67 Å². The minimum Gasteiger partial charge on any atom is -0.495 e. The number of hydrogen-bond donors (Lipinski definition) is 1. The highest BCUT2D eigenvalue weighted by Crippen LogP contribution is 2.25. The van der Waals surface area contributed by atoms with Crippen molar-refractivity contribution in [1.82, 2.24) is 14.8 Å². The number of methoxy groups -OCH3 is 1. The summed E-state index contributed by atoms with van der Waals surface area (Å²) >= 11 is 7.19. The monoisotopic (exact) mass is 343 g/mol. The maximum atomic E-state index is 5.44. The molecule has 0 amide bonds. The van der Waals surface area contributed by atoms with Gasteiger partial charge in [0.15, 0.2) is 4.77 Å². The molecular weight excluding hydrogens is 326 g/mol. The quantitative estimate of drug-likeness (QED) is 0.675. The SMILES string of the molecule is COc1ccccc1-n1c(CSCc2ccccc2)n[nH]c1=S. The molecule has 0 aliphatic heterocycles. The van der Waals surface area contributed by atoms with Gasteiger partial charge in [0.25, 0.3) is 0 Å². The molecule has 0 saturated carbocycles. The smallest absolute Gasteiger partial charge is 0.200 e. The molecule has 2 aromatic carbocycles. The van der Waals surface area contributed by atoms with Gasteiger partial charge in [0.05, 0.1) is 18.6 Å². The van der Waals surface area contributed by atoms with E-state index < -0.39 is 0 Å². The van der Waals surface area contributed by atoms with Crippen LogP contribution in [0, 0.1) is 4.77 Å². The summed E-state index contributed by atoms with van der Waals surface area (Å²) in [6.07, 6.45) is 0. The van der Waals surface area contributed by atoms with Gasteiger partial charge >= 0.3 is 0 Å². The van der Waals surface area contributed by atoms with Crippen molar-refractivity contribution in [3.05, 3.63) is 70.8 Å². The average Bonchev–Trinajstić information content (AvgIpc) is 2.96. The van der Waals surface area contributed by atoms with Gasteiger partial charge in [0.1, 0.15) is 11.6 Å². The largest absolute Gasteiger partial charge is 0.495 e. The van der Waals surface area contributed by atoms with Gasteiger partial charge in [-0.05, 0) is 29.9 Å². The molecule has 0 atom stereocenters. The first-order valence-corrected chi connectivity index (χ1v) is 8.77. The van der Waals surface area contributed by atoms with Crippen LogP contribution in [0.5, 0.6) is 5.75 Å². The van der Waals surface area contributed by atoms with Crippen molar-refractivity contribution in [3.8, 4) is 11.4 Å². The molecule has 1 N–H and O–H groups in total. The van der Waals surface area contributed by atoms with Crippen LogP contribution in [-0.4, -0.2) is 21.9 Å². The van der Waals surface area contributed by atoms with Crippen LogP contribution < -0.4 is 4.74 Å². The van der Waals surface area contributed by atoms with Crippen molar-refractivity contribution in [3.63, 3.8) is 0 Å². The predicted octanol–water partition coefficient (Wildman–Crippen LogP) is 4.37. The molecule has 6 heteroatoms. The summed E-state index contributed by atoms with van der Waals surface area (Å²) in [6.45, 7) is 0. The number of rotatable bonds is 6. The van der Waals surface area contributed by atoms with Gasteiger partial charge in [0.2, 0.25) is 0 Å². The van der Waals surface area contributed by atoms with Crippen LogP contribution in [0.3, 0.4) is 0 Å². The third-order valence-electron chi connectivity index (χ3n) is 3.41. The zero-order chi connectivity index (χ0) is 16.1. The van der Waals surface area contributed by atoms with Crippen LogP contribution >= 0.6 is 24.0 Å². The number of aromatic nitrogens is 3. The van der Waals surface area contributed by atoms with Gasteiger partial charge in [-0.25, -0.2) is 0 Å². The van der Waals surface area contributed by atoms with Crippen molar-refractivity contribution >= 4 is 24.0 Å². The predicted molar refractivity (Wildman–Crippen MR) is 96.7 cm³/mol. The van der Waals surface area contributed by atoms with E-state index in [-0.39, 0.29) is 0 Å². The van der Waals surface area contributed by atoms with Crippen molar-refractivity contribution in [1.29, 1.82) is 0 Å². The second-order valence-electron chi connectivity index (χ2n) is 4.93. The molecule has 0 radical (unpaired) electrons. The van der Waals surface area contributed by atoms with Gasteiger partial charge in [-0.15, -0.1) is 11.8 Å². The van der Waals surface area contributed by atoms with E-state index in [2.05, 4.69) is 34.5 Å². The summed E-state index contributed by atoms with van der Waals surface area (Å²) in [4.78, 5) is 0. The normalized spacial score (nSPS) is 10.7. The Morgan fingerprint density at radius 3 is 2.61 bits per heavy atom. The van der Waals surface area contributed by atoms with Crippen molar-refractivity contribution in [2.24, 2.45) is 0 Å². The zero-order valence-electron chi connectivity index (χ0n) is 12.7. The minimum absolute atomic E-state index is 0.574. The first-order valence-electron chi connectivity index (χ1n) is 7.21. The fraction of sp³-hybridized carbons (Fsp3) is 0.176. The summed E-state index contributed by atoms with van der Waals surface area (Å²) in [5, 5.41) is 7.25. The number of ether oxygens (including phenoxy) is 1. The third kappa shape index (κ3) is 3.65. The molecule has 0 bridgehead atoms. The van der Waals surface area contributed by atoms with Crippen LogP contribution in [0.25, 0.3) is 5.69 Å². The molecule has 118 valence electrons. The Morgan fingerprint density at radius 2 is 1.83 bits per heavy atom. The summed E-state index contributed by atoms with van der Waals surface area (Å²) in [7, 11) is 1.66. The number of hydrogen-bond acceptors (Lipinski definition) is 4. The highest BCUT2D eigenvalue weighted by molar-refractivity contribution is 7.97. The van der Waals surface area contributed by atoms with Crippen LogP contribution in [0.2, 0.25) is 0 Å². The summed E-state index contributed by atoms with van der Waals surface area (Å²) in [6, 6.07) is 18.2. The lowest BCUT2D eigenvalue weighted by Gasteiger charge is -2.11. The summed E-state index contributed by atoms with van der Waals surface area (Å²) in [5.41, 5.74) is 2.21. The molecule has 0 fully saturated rings. The summed E-state index contributed by atoms with van der Waals surface area (Å²) < 4.78 is 7.95. The van der Waals surface area contributed by atoms with Crippen LogP contribution in [0.1, 0.15) is 11.4 Å². The molecule has 0 aliphatic rings. The zero-order valence-corrected chi connectivity index (χ0v) is 14.4. The lowest BCUT2D eigenvalue weighted by atomic mass is 10.2. The number of para-hydroxylation sites is 2. The lowest BCUT2D eigenvalue weighted by molar-refractivity contribution is 0.412. The van der Waals surface area contributed by atoms with Crippen molar-refractivity contribution in [2.75, 3.05) is 7.11 Å². The number of nitrogens with one attached hydrogen (secondary N) is 1.